The predicted molar refractivity (Wildman–Crippen MR) is 42.5 cm³/mol. The van der Waals surface area contributed by atoms with Crippen LogP contribution < -0.4 is 10.6 Å². The number of nitrogens with one attached hydrogen (secondary N) is 2. The van der Waals surface area contributed by atoms with Crippen LogP contribution >= 0.6 is 11.6 Å². The molecule has 0 aliphatic rings. The van der Waals surface area contributed by atoms with Crippen molar-refractivity contribution in [1.29, 1.82) is 0 Å². The summed E-state index contributed by atoms with van der Waals surface area (Å²) in [5, 5.41) is 3.78. The van der Waals surface area contributed by atoms with E-state index in [0.29, 0.717) is 6.54 Å². The van der Waals surface area contributed by atoms with Crippen molar-refractivity contribution in [2.45, 2.75) is 19.2 Å². The van der Waals surface area contributed by atoms with Gasteiger partial charge in [-0.15, -0.1) is 11.6 Å². The van der Waals surface area contributed by atoms with Gasteiger partial charge in [-0.05, 0) is 13.8 Å². The minimum Gasteiger partial charge on any atom is -0.338 e. The molecule has 0 aromatic rings. The molecule has 0 fully saturated rings. The standard InChI is InChI=1S/C6H11ClN2O2/c1-3-8-6(11)9-5(10)4(2)7/h4H,3H2,1-2H3,(H2,8,9,10,11). The highest BCUT2D eigenvalue weighted by atomic mass is 35.5. The fraction of sp³-hybridized carbons (Fsp3) is 0.667. The van der Waals surface area contributed by atoms with Gasteiger partial charge in [0, 0.05) is 6.54 Å². The third-order valence-corrected chi connectivity index (χ3v) is 1.13. The Balaban J connectivity index is 3.67. The van der Waals surface area contributed by atoms with Crippen molar-refractivity contribution in [3.63, 3.8) is 0 Å². The Bertz CT molecular complexity index is 159. The Labute approximate surface area is 70.3 Å². The van der Waals surface area contributed by atoms with E-state index in [9.17, 15) is 9.59 Å². The SMILES string of the molecule is CCNC(=O)NC(=O)C(C)Cl. The van der Waals surface area contributed by atoms with Gasteiger partial charge in [0.2, 0.25) is 5.91 Å². The van der Waals surface area contributed by atoms with Crippen molar-refractivity contribution in [2.24, 2.45) is 0 Å². The molecule has 11 heavy (non-hydrogen) atoms. The Hall–Kier alpha value is -0.770. The van der Waals surface area contributed by atoms with E-state index in [-0.39, 0.29) is 0 Å². The summed E-state index contributed by atoms with van der Waals surface area (Å²) in [6.45, 7) is 3.74. The van der Waals surface area contributed by atoms with Crippen LogP contribution in [0.2, 0.25) is 0 Å². The zero-order valence-corrected chi connectivity index (χ0v) is 7.23. The summed E-state index contributed by atoms with van der Waals surface area (Å²) in [5.74, 6) is -0.488. The van der Waals surface area contributed by atoms with Crippen LogP contribution in [0.1, 0.15) is 13.8 Å². The Kier molecular flexibility index (Phi) is 4.61. The van der Waals surface area contributed by atoms with E-state index >= 15 is 0 Å². The molecule has 4 nitrogen and oxygen atoms in total. The minimum absolute atomic E-state index is 0.482. The third kappa shape index (κ3) is 4.61. The van der Waals surface area contributed by atoms with Crippen LogP contribution in [0.5, 0.6) is 0 Å². The van der Waals surface area contributed by atoms with Crippen LogP contribution in [0, 0.1) is 0 Å². The largest absolute Gasteiger partial charge is 0.338 e. The molecule has 0 saturated carbocycles. The number of amides is 3. The van der Waals surface area contributed by atoms with E-state index in [1.54, 1.807) is 6.92 Å². The van der Waals surface area contributed by atoms with Crippen molar-refractivity contribution in [1.82, 2.24) is 10.6 Å². The normalized spacial score (nSPS) is 11.9. The second-order valence-corrected chi connectivity index (χ2v) is 2.62. The fourth-order valence-corrected chi connectivity index (χ4v) is 0.471. The van der Waals surface area contributed by atoms with Crippen LogP contribution in [-0.4, -0.2) is 23.9 Å². The summed E-state index contributed by atoms with van der Waals surface area (Å²) >= 11 is 5.38. The molecule has 0 spiro atoms. The predicted octanol–water partition coefficient (Wildman–Crippen LogP) is 0.459. The van der Waals surface area contributed by atoms with Crippen LogP contribution in [0.25, 0.3) is 0 Å². The first-order valence-corrected chi connectivity index (χ1v) is 3.74. The van der Waals surface area contributed by atoms with Gasteiger partial charge >= 0.3 is 6.03 Å². The van der Waals surface area contributed by atoms with E-state index in [4.69, 9.17) is 11.6 Å². The first kappa shape index (κ1) is 10.2. The van der Waals surface area contributed by atoms with Crippen molar-refractivity contribution < 1.29 is 9.59 Å². The second-order valence-electron chi connectivity index (χ2n) is 1.96. The molecule has 0 aliphatic heterocycles. The number of hydrogen-bond acceptors (Lipinski definition) is 2. The molecule has 1 unspecified atom stereocenters. The van der Waals surface area contributed by atoms with Gasteiger partial charge < -0.3 is 5.32 Å². The summed E-state index contributed by atoms with van der Waals surface area (Å²) in [6, 6.07) is -0.509. The first-order chi connectivity index (χ1) is 5.07. The van der Waals surface area contributed by atoms with E-state index in [0.717, 1.165) is 0 Å². The topological polar surface area (TPSA) is 58.2 Å². The number of carbonyl (C=O) groups is 2. The summed E-state index contributed by atoms with van der Waals surface area (Å²) in [5.41, 5.74) is 0. The van der Waals surface area contributed by atoms with Gasteiger partial charge in [-0.3, -0.25) is 10.1 Å². The maximum Gasteiger partial charge on any atom is 0.321 e. The Morgan fingerprint density at radius 3 is 2.45 bits per heavy atom. The molecule has 0 aromatic heterocycles. The monoisotopic (exact) mass is 178 g/mol. The van der Waals surface area contributed by atoms with Crippen LogP contribution in [0.15, 0.2) is 0 Å². The third-order valence-electron chi connectivity index (χ3n) is 0.935. The number of urea groups is 1. The molecule has 0 heterocycles. The lowest BCUT2D eigenvalue weighted by Crippen LogP contribution is -2.42. The lowest BCUT2D eigenvalue weighted by Gasteiger charge is -2.04. The second kappa shape index (κ2) is 4.96. The number of hydrogen-bond donors (Lipinski definition) is 2. The van der Waals surface area contributed by atoms with E-state index in [1.807, 2.05) is 0 Å². The molecule has 5 heteroatoms. The van der Waals surface area contributed by atoms with Gasteiger partial charge in [-0.25, -0.2) is 4.79 Å². The van der Waals surface area contributed by atoms with Gasteiger partial charge in [0.25, 0.3) is 0 Å². The van der Waals surface area contributed by atoms with Crippen molar-refractivity contribution in [3.8, 4) is 0 Å². The van der Waals surface area contributed by atoms with Crippen molar-refractivity contribution >= 4 is 23.5 Å². The molecule has 0 aliphatic carbocycles. The number of carbonyl (C=O) groups excluding carboxylic acids is 2. The maximum atomic E-state index is 10.7. The maximum absolute atomic E-state index is 10.7. The van der Waals surface area contributed by atoms with Gasteiger partial charge in [0.05, 0.1) is 0 Å². The average Bonchev–Trinajstić information content (AvgIpc) is 1.87. The number of rotatable bonds is 2. The zero-order valence-electron chi connectivity index (χ0n) is 6.48. The fourth-order valence-electron chi connectivity index (χ4n) is 0.416. The van der Waals surface area contributed by atoms with Gasteiger partial charge in [-0.1, -0.05) is 0 Å². The lowest BCUT2D eigenvalue weighted by molar-refractivity contribution is -0.119. The highest BCUT2D eigenvalue weighted by molar-refractivity contribution is 6.31. The number of halogens is 1. The molecule has 0 radical (unpaired) electrons. The smallest absolute Gasteiger partial charge is 0.321 e. The summed E-state index contributed by atoms with van der Waals surface area (Å²) in [4.78, 5) is 21.4. The minimum atomic E-state index is -0.683. The summed E-state index contributed by atoms with van der Waals surface area (Å²) in [7, 11) is 0. The zero-order chi connectivity index (χ0) is 8.85. The molecule has 0 saturated heterocycles. The molecule has 0 aromatic carbocycles. The lowest BCUT2D eigenvalue weighted by atomic mass is 10.4. The van der Waals surface area contributed by atoms with Gasteiger partial charge in [-0.2, -0.15) is 0 Å². The molecular formula is C6H11ClN2O2. The van der Waals surface area contributed by atoms with E-state index in [1.165, 1.54) is 6.92 Å². The van der Waals surface area contributed by atoms with Crippen LogP contribution in [0.3, 0.4) is 0 Å². The van der Waals surface area contributed by atoms with Crippen molar-refractivity contribution in [3.05, 3.63) is 0 Å². The summed E-state index contributed by atoms with van der Waals surface area (Å²) in [6.07, 6.45) is 0. The molecule has 3 amide bonds. The molecule has 2 N–H and O–H groups in total. The first-order valence-electron chi connectivity index (χ1n) is 3.30. The molecule has 64 valence electrons. The Morgan fingerprint density at radius 1 is 1.55 bits per heavy atom. The van der Waals surface area contributed by atoms with Crippen LogP contribution in [-0.2, 0) is 4.79 Å². The van der Waals surface area contributed by atoms with E-state index < -0.39 is 17.3 Å². The van der Waals surface area contributed by atoms with E-state index in [2.05, 4.69) is 10.6 Å². The quantitative estimate of drug-likeness (QED) is 0.604. The highest BCUT2D eigenvalue weighted by Gasteiger charge is 2.11. The van der Waals surface area contributed by atoms with Gasteiger partial charge in [0.15, 0.2) is 0 Å². The van der Waals surface area contributed by atoms with Gasteiger partial charge in [0.1, 0.15) is 5.38 Å². The molecule has 0 rings (SSSR count). The van der Waals surface area contributed by atoms with Crippen LogP contribution in [0.4, 0.5) is 4.79 Å². The molecular weight excluding hydrogens is 168 g/mol. The highest BCUT2D eigenvalue weighted by Crippen LogP contribution is 1.91. The van der Waals surface area contributed by atoms with Crippen molar-refractivity contribution in [2.75, 3.05) is 6.54 Å². The summed E-state index contributed by atoms with van der Waals surface area (Å²) < 4.78 is 0. The Morgan fingerprint density at radius 2 is 2.09 bits per heavy atom. The molecule has 0 bridgehead atoms. The average molecular weight is 179 g/mol. The number of alkyl halides is 1. The number of imide groups is 1. The molecule has 1 atom stereocenters.